The van der Waals surface area contributed by atoms with Gasteiger partial charge in [-0.1, -0.05) is 11.6 Å². The van der Waals surface area contributed by atoms with Gasteiger partial charge in [0, 0.05) is 17.3 Å². The second-order valence-electron chi connectivity index (χ2n) is 9.02. The Bertz CT molecular complexity index is 1040. The molecular weight excluding hydrogens is 487 g/mol. The number of piperidine rings is 1. The zero-order chi connectivity index (χ0) is 26.0. The second-order valence-corrected chi connectivity index (χ2v) is 9.46. The number of hydrogen-bond donors (Lipinski definition) is 3. The Morgan fingerprint density at radius 1 is 1.37 bits per heavy atom. The Morgan fingerprint density at radius 3 is 2.60 bits per heavy atom. The quantitative estimate of drug-likeness (QED) is 0.278. The summed E-state index contributed by atoms with van der Waals surface area (Å²) < 4.78 is 46.4. The van der Waals surface area contributed by atoms with Crippen LogP contribution in [0.5, 0.6) is 0 Å². The van der Waals surface area contributed by atoms with Crippen molar-refractivity contribution in [1.82, 2.24) is 4.90 Å². The molecule has 35 heavy (non-hydrogen) atoms. The van der Waals surface area contributed by atoms with Gasteiger partial charge >= 0.3 is 6.18 Å². The van der Waals surface area contributed by atoms with Gasteiger partial charge in [0.2, 0.25) is 5.91 Å². The van der Waals surface area contributed by atoms with Crippen LogP contribution in [0.2, 0.25) is 5.02 Å². The number of rotatable bonds is 8. The Labute approximate surface area is 206 Å². The molecule has 1 atom stereocenters. The molecule has 1 fully saturated rings. The zero-order valence-electron chi connectivity index (χ0n) is 19.6. The number of carbonyl (C=O) groups is 1. The van der Waals surface area contributed by atoms with Crippen molar-refractivity contribution in [1.29, 1.82) is 0 Å². The molecular formula is C24H29ClF3N3O4. The molecule has 1 amide bonds. The average Bonchev–Trinajstić information content (AvgIpc) is 3.05. The molecule has 0 saturated carbocycles. The number of aliphatic hydroxyl groups excluding tert-OH is 1. The Kier molecular flexibility index (Phi) is 8.00. The van der Waals surface area contributed by atoms with Gasteiger partial charge in [0.1, 0.15) is 12.2 Å². The number of nitrogens with one attached hydrogen (secondary N) is 1. The molecule has 0 aromatic heterocycles. The molecule has 2 heterocycles. The van der Waals surface area contributed by atoms with E-state index < -0.39 is 35.1 Å². The lowest BCUT2D eigenvalue weighted by atomic mass is 9.73. The number of hydrogen-bond acceptors (Lipinski definition) is 6. The van der Waals surface area contributed by atoms with E-state index in [2.05, 4.69) is 21.9 Å². The maximum Gasteiger partial charge on any atom is 0.418 e. The number of benzene rings is 1. The molecule has 7 nitrogen and oxygen atoms in total. The fraction of sp³-hybridized carbons (Fsp3) is 0.500. The smallest absolute Gasteiger partial charge is 0.418 e. The van der Waals surface area contributed by atoms with Crippen molar-refractivity contribution in [3.8, 4) is 0 Å². The average molecular weight is 516 g/mol. The van der Waals surface area contributed by atoms with E-state index in [1.165, 1.54) is 6.92 Å². The van der Waals surface area contributed by atoms with Crippen molar-refractivity contribution in [2.24, 2.45) is 4.99 Å². The summed E-state index contributed by atoms with van der Waals surface area (Å²) in [5.74, 6) is -0.0688. The van der Waals surface area contributed by atoms with E-state index in [4.69, 9.17) is 16.3 Å². The number of carbonyl (C=O) groups excluding carboxylic acids is 1. The molecule has 2 aliphatic rings. The molecule has 0 radical (unpaired) electrons. The van der Waals surface area contributed by atoms with Crippen LogP contribution in [-0.4, -0.2) is 72.4 Å². The topological polar surface area (TPSA) is 94.4 Å². The van der Waals surface area contributed by atoms with Gasteiger partial charge in [-0.05, 0) is 76.3 Å². The van der Waals surface area contributed by atoms with Crippen molar-refractivity contribution in [3.63, 3.8) is 0 Å². The number of alkyl halides is 3. The van der Waals surface area contributed by atoms with E-state index in [0.717, 1.165) is 24.3 Å². The molecule has 0 bridgehead atoms. The zero-order valence-corrected chi connectivity index (χ0v) is 20.3. The first kappa shape index (κ1) is 27.2. The monoisotopic (exact) mass is 515 g/mol. The fourth-order valence-electron chi connectivity index (χ4n) is 4.53. The number of nitrogens with zero attached hydrogens (tertiary/aromatic N) is 2. The van der Waals surface area contributed by atoms with Crippen LogP contribution in [0.3, 0.4) is 0 Å². The lowest BCUT2D eigenvalue weighted by Crippen LogP contribution is -2.47. The van der Waals surface area contributed by atoms with Gasteiger partial charge in [-0.2, -0.15) is 13.2 Å². The normalized spacial score (nSPS) is 20.7. The summed E-state index contributed by atoms with van der Waals surface area (Å²) in [5.41, 5.74) is -3.19. The number of likely N-dealkylation sites (tertiary alicyclic amines) is 1. The van der Waals surface area contributed by atoms with Crippen molar-refractivity contribution in [3.05, 3.63) is 51.9 Å². The lowest BCUT2D eigenvalue weighted by Gasteiger charge is -2.38. The number of aliphatic hydroxyl groups is 2. The third-order valence-electron chi connectivity index (χ3n) is 6.51. The van der Waals surface area contributed by atoms with E-state index >= 15 is 0 Å². The van der Waals surface area contributed by atoms with Gasteiger partial charge in [0.05, 0.1) is 29.1 Å². The standard InChI is InChI=1S/C24H29ClF3N3O4/c1-15(12-18(24(26,27)28)20(29-3)22(2,34)14-32)35-11-10-31-8-6-23(7-9-31)17-13-16(25)4-5-19(17)30-21(23)33/h4-5,12-13,32,34H,3,6-11,14H2,1-2H3,(H,30,33)/b15-12+,20-18+. The van der Waals surface area contributed by atoms with E-state index in [1.54, 1.807) is 12.1 Å². The summed E-state index contributed by atoms with van der Waals surface area (Å²) in [6.45, 7) is 6.35. The predicted octanol–water partition coefficient (Wildman–Crippen LogP) is 3.81. The SMILES string of the molecule is C=N/C(=C(\C=C(/C)OCCN1CCC2(CC1)C(=O)Nc1ccc(Cl)cc12)C(F)(F)F)C(C)(O)CO. The number of ether oxygens (including phenoxy) is 1. The summed E-state index contributed by atoms with van der Waals surface area (Å²) in [5, 5.41) is 22.9. The molecule has 3 N–H and O–H groups in total. The van der Waals surface area contributed by atoms with Crippen molar-refractivity contribution in [2.75, 3.05) is 38.2 Å². The third-order valence-corrected chi connectivity index (χ3v) is 6.75. The highest BCUT2D eigenvalue weighted by molar-refractivity contribution is 6.31. The van der Waals surface area contributed by atoms with Gasteiger partial charge in [0.25, 0.3) is 0 Å². The number of halogens is 4. The highest BCUT2D eigenvalue weighted by Gasteiger charge is 2.48. The second kappa shape index (κ2) is 10.3. The number of aliphatic imine (C=N–C) groups is 1. The first-order valence-electron chi connectivity index (χ1n) is 11.1. The molecule has 2 aliphatic heterocycles. The van der Waals surface area contributed by atoms with Gasteiger partial charge in [-0.25, -0.2) is 0 Å². The Morgan fingerprint density at radius 2 is 2.03 bits per heavy atom. The fourth-order valence-corrected chi connectivity index (χ4v) is 4.70. The van der Waals surface area contributed by atoms with Crippen molar-refractivity contribution in [2.45, 2.75) is 43.9 Å². The van der Waals surface area contributed by atoms with E-state index in [-0.39, 0.29) is 18.3 Å². The number of allylic oxidation sites excluding steroid dienone is 3. The van der Waals surface area contributed by atoms with Gasteiger partial charge < -0.3 is 20.3 Å². The van der Waals surface area contributed by atoms with Crippen LogP contribution in [0.25, 0.3) is 0 Å². The maximum atomic E-state index is 13.6. The van der Waals surface area contributed by atoms with Crippen LogP contribution in [0, 0.1) is 0 Å². The first-order valence-corrected chi connectivity index (χ1v) is 11.5. The minimum atomic E-state index is -4.84. The summed E-state index contributed by atoms with van der Waals surface area (Å²) >= 11 is 6.15. The highest BCUT2D eigenvalue weighted by Crippen LogP contribution is 2.45. The molecule has 1 spiro atoms. The van der Waals surface area contributed by atoms with E-state index in [1.807, 2.05) is 6.07 Å². The summed E-state index contributed by atoms with van der Waals surface area (Å²) in [7, 11) is 0. The third kappa shape index (κ3) is 5.72. The molecule has 1 aromatic rings. The van der Waals surface area contributed by atoms with Crippen molar-refractivity contribution < 1.29 is 32.9 Å². The molecule has 192 valence electrons. The van der Waals surface area contributed by atoms with Gasteiger partial charge in [-0.3, -0.25) is 14.7 Å². The number of anilines is 1. The van der Waals surface area contributed by atoms with Gasteiger partial charge in [-0.15, -0.1) is 0 Å². The maximum absolute atomic E-state index is 13.6. The Balaban J connectivity index is 1.63. The van der Waals surface area contributed by atoms with Crippen molar-refractivity contribution >= 4 is 29.9 Å². The first-order chi connectivity index (χ1) is 16.3. The van der Waals surface area contributed by atoms with Crippen LogP contribution in [0.1, 0.15) is 32.3 Å². The van der Waals surface area contributed by atoms with Crippen LogP contribution in [-0.2, 0) is 14.9 Å². The highest BCUT2D eigenvalue weighted by atomic mass is 35.5. The lowest BCUT2D eigenvalue weighted by molar-refractivity contribution is -0.122. The van der Waals surface area contributed by atoms with Crippen LogP contribution in [0.4, 0.5) is 18.9 Å². The van der Waals surface area contributed by atoms with Gasteiger partial charge in [0.15, 0.2) is 0 Å². The minimum Gasteiger partial charge on any atom is -0.497 e. The van der Waals surface area contributed by atoms with Crippen LogP contribution >= 0.6 is 11.6 Å². The Hall–Kier alpha value is -2.40. The molecule has 1 saturated heterocycles. The summed E-state index contributed by atoms with van der Waals surface area (Å²) in [4.78, 5) is 18.1. The minimum absolute atomic E-state index is 0.0283. The molecule has 3 rings (SSSR count). The summed E-state index contributed by atoms with van der Waals surface area (Å²) in [6, 6.07) is 5.37. The van der Waals surface area contributed by atoms with E-state index in [0.29, 0.717) is 37.5 Å². The van der Waals surface area contributed by atoms with Crippen LogP contribution < -0.4 is 5.32 Å². The number of fused-ring (bicyclic) bond motifs is 2. The largest absolute Gasteiger partial charge is 0.497 e. The molecule has 1 unspecified atom stereocenters. The molecule has 0 aliphatic carbocycles. The van der Waals surface area contributed by atoms with E-state index in [9.17, 15) is 28.2 Å². The molecule has 11 heteroatoms. The predicted molar refractivity (Wildman–Crippen MR) is 127 cm³/mol. The number of amides is 1. The molecule has 1 aromatic carbocycles. The van der Waals surface area contributed by atoms with Crippen LogP contribution in [0.15, 0.2) is 46.3 Å². The summed E-state index contributed by atoms with van der Waals surface area (Å²) in [6.07, 6.45) is -2.93.